The van der Waals surface area contributed by atoms with Gasteiger partial charge in [0.25, 0.3) is 0 Å². The third-order valence-electron chi connectivity index (χ3n) is 2.60. The number of fused-ring (bicyclic) bond motifs is 1. The number of nitrogens with one attached hydrogen (secondary N) is 1. The molecule has 2 aromatic rings. The number of nitrogens with two attached hydrogens (primary N) is 1. The average molecular weight is 259 g/mol. The van der Waals surface area contributed by atoms with Gasteiger partial charge in [-0.25, -0.2) is 0 Å². The Labute approximate surface area is 116 Å². The Hall–Kier alpha value is -1.77. The summed E-state index contributed by atoms with van der Waals surface area (Å²) in [4.78, 5) is 4.32. The third-order valence-corrected chi connectivity index (χ3v) is 2.60. The van der Waals surface area contributed by atoms with Crippen LogP contribution in [0, 0.1) is 5.41 Å². The molecule has 3 heteroatoms. The van der Waals surface area contributed by atoms with Gasteiger partial charge in [-0.3, -0.25) is 4.98 Å². The van der Waals surface area contributed by atoms with Gasteiger partial charge in [-0.2, -0.15) is 0 Å². The number of aromatic nitrogens is 1. The van der Waals surface area contributed by atoms with Crippen LogP contribution in [0.15, 0.2) is 30.5 Å². The molecule has 0 radical (unpaired) electrons. The Morgan fingerprint density at radius 3 is 2.42 bits per heavy atom. The molecule has 19 heavy (non-hydrogen) atoms. The molecule has 3 N–H and O–H groups in total. The molecule has 104 valence electrons. The number of nitrogens with zero attached hydrogens (tertiary/aromatic N) is 1. The first-order valence-corrected chi connectivity index (χ1v) is 6.84. The average Bonchev–Trinajstić information content (AvgIpc) is 2.39. The second kappa shape index (κ2) is 6.41. The van der Waals surface area contributed by atoms with Crippen molar-refractivity contribution >= 4 is 22.3 Å². The largest absolute Gasteiger partial charge is 0.396 e. The van der Waals surface area contributed by atoms with Gasteiger partial charge in [0.15, 0.2) is 0 Å². The van der Waals surface area contributed by atoms with Gasteiger partial charge in [0, 0.05) is 11.9 Å². The summed E-state index contributed by atoms with van der Waals surface area (Å²) in [6.07, 6.45) is 1.72. The van der Waals surface area contributed by atoms with Crippen molar-refractivity contribution in [3.63, 3.8) is 0 Å². The normalized spacial score (nSPS) is 10.8. The summed E-state index contributed by atoms with van der Waals surface area (Å²) in [5.74, 6) is 0. The topological polar surface area (TPSA) is 50.9 Å². The van der Waals surface area contributed by atoms with E-state index in [1.54, 1.807) is 6.20 Å². The summed E-state index contributed by atoms with van der Waals surface area (Å²) in [6.45, 7) is 11.5. The molecule has 0 unspecified atom stereocenters. The van der Waals surface area contributed by atoms with Crippen LogP contribution < -0.4 is 11.1 Å². The Kier molecular flexibility index (Phi) is 5.16. The molecule has 2 rings (SSSR count). The lowest BCUT2D eigenvalue weighted by Gasteiger charge is -2.21. The zero-order valence-electron chi connectivity index (χ0n) is 12.6. The Morgan fingerprint density at radius 1 is 1.16 bits per heavy atom. The van der Waals surface area contributed by atoms with Crippen LogP contribution in [0.2, 0.25) is 0 Å². The van der Waals surface area contributed by atoms with Gasteiger partial charge in [-0.1, -0.05) is 52.8 Å². The number of benzene rings is 1. The van der Waals surface area contributed by atoms with Crippen molar-refractivity contribution in [2.45, 2.75) is 34.6 Å². The first-order valence-electron chi connectivity index (χ1n) is 6.84. The minimum absolute atomic E-state index is 0.219. The van der Waals surface area contributed by atoms with Crippen LogP contribution in [-0.2, 0) is 0 Å². The summed E-state index contributed by atoms with van der Waals surface area (Å²) < 4.78 is 0. The number of hydrogen-bond acceptors (Lipinski definition) is 3. The maximum atomic E-state index is 5.99. The Balaban J connectivity index is 0.000000861. The molecule has 0 spiro atoms. The van der Waals surface area contributed by atoms with Crippen molar-refractivity contribution in [3.05, 3.63) is 30.5 Å². The first kappa shape index (κ1) is 15.3. The van der Waals surface area contributed by atoms with E-state index in [-0.39, 0.29) is 5.41 Å². The Morgan fingerprint density at radius 2 is 1.79 bits per heavy atom. The molecule has 0 amide bonds. The van der Waals surface area contributed by atoms with E-state index in [9.17, 15) is 0 Å². The van der Waals surface area contributed by atoms with E-state index in [1.165, 1.54) is 0 Å². The molecule has 3 nitrogen and oxygen atoms in total. The monoisotopic (exact) mass is 259 g/mol. The molecule has 0 saturated heterocycles. The summed E-state index contributed by atoms with van der Waals surface area (Å²) in [7, 11) is 0. The quantitative estimate of drug-likeness (QED) is 0.845. The highest BCUT2D eigenvalue weighted by Crippen LogP contribution is 2.28. The van der Waals surface area contributed by atoms with E-state index in [2.05, 4.69) is 31.1 Å². The molecular weight excluding hydrogens is 234 g/mol. The van der Waals surface area contributed by atoms with Crippen LogP contribution in [0.3, 0.4) is 0 Å². The highest BCUT2D eigenvalue weighted by molar-refractivity contribution is 5.96. The summed E-state index contributed by atoms with van der Waals surface area (Å²) >= 11 is 0. The number of nitrogen functional groups attached to an aromatic ring is 1. The summed E-state index contributed by atoms with van der Waals surface area (Å²) in [6, 6.07) is 8.03. The zero-order chi connectivity index (χ0) is 14.5. The van der Waals surface area contributed by atoms with Crippen LogP contribution in [0.4, 0.5) is 11.4 Å². The lowest BCUT2D eigenvalue weighted by molar-refractivity contribution is 0.443. The number of hydrogen-bond donors (Lipinski definition) is 2. The SMILES string of the molecule is CC.CC(C)(C)CNc1c(N)cnc2ccccc12. The zero-order valence-corrected chi connectivity index (χ0v) is 12.6. The van der Waals surface area contributed by atoms with Crippen molar-refractivity contribution in [1.82, 2.24) is 4.98 Å². The lowest BCUT2D eigenvalue weighted by atomic mass is 9.96. The number of pyridine rings is 1. The fraction of sp³-hybridized carbons (Fsp3) is 0.438. The molecule has 0 fully saturated rings. The van der Waals surface area contributed by atoms with Crippen LogP contribution >= 0.6 is 0 Å². The molecule has 0 atom stereocenters. The highest BCUT2D eigenvalue weighted by Gasteiger charge is 2.12. The van der Waals surface area contributed by atoms with Gasteiger partial charge in [0.05, 0.1) is 23.1 Å². The van der Waals surface area contributed by atoms with Crippen LogP contribution in [0.25, 0.3) is 10.9 Å². The van der Waals surface area contributed by atoms with Crippen LogP contribution in [-0.4, -0.2) is 11.5 Å². The lowest BCUT2D eigenvalue weighted by Crippen LogP contribution is -2.19. The standard InChI is InChI=1S/C14H19N3.C2H6/c1-14(2,3)9-17-13-10-6-4-5-7-12(10)16-8-11(13)15;1-2/h4-8H,9,15H2,1-3H3,(H,16,17);1-2H3. The van der Waals surface area contributed by atoms with Crippen LogP contribution in [0.1, 0.15) is 34.6 Å². The fourth-order valence-electron chi connectivity index (χ4n) is 1.71. The van der Waals surface area contributed by atoms with E-state index in [0.717, 1.165) is 23.1 Å². The van der Waals surface area contributed by atoms with E-state index in [1.807, 2.05) is 38.1 Å². The van der Waals surface area contributed by atoms with Crippen molar-refractivity contribution in [1.29, 1.82) is 0 Å². The molecule has 0 saturated carbocycles. The van der Waals surface area contributed by atoms with Gasteiger partial charge in [0.1, 0.15) is 0 Å². The van der Waals surface area contributed by atoms with Crippen molar-refractivity contribution in [3.8, 4) is 0 Å². The van der Waals surface area contributed by atoms with Gasteiger partial charge in [-0.05, 0) is 11.5 Å². The van der Waals surface area contributed by atoms with E-state index < -0.39 is 0 Å². The fourth-order valence-corrected chi connectivity index (χ4v) is 1.71. The second-order valence-electron chi connectivity index (χ2n) is 5.52. The molecule has 0 aliphatic heterocycles. The summed E-state index contributed by atoms with van der Waals surface area (Å²) in [5, 5.41) is 4.51. The van der Waals surface area contributed by atoms with Gasteiger partial charge >= 0.3 is 0 Å². The molecule has 0 bridgehead atoms. The first-order chi connectivity index (χ1) is 8.97. The highest BCUT2D eigenvalue weighted by atomic mass is 14.9. The predicted octanol–water partition coefficient (Wildman–Crippen LogP) is 4.30. The van der Waals surface area contributed by atoms with E-state index >= 15 is 0 Å². The van der Waals surface area contributed by atoms with Gasteiger partial charge in [0.2, 0.25) is 0 Å². The molecule has 1 aromatic carbocycles. The van der Waals surface area contributed by atoms with Gasteiger partial charge < -0.3 is 11.1 Å². The van der Waals surface area contributed by atoms with Crippen LogP contribution in [0.5, 0.6) is 0 Å². The minimum atomic E-state index is 0.219. The number of rotatable bonds is 2. The molecule has 1 heterocycles. The maximum absolute atomic E-state index is 5.99. The minimum Gasteiger partial charge on any atom is -0.396 e. The summed E-state index contributed by atoms with van der Waals surface area (Å²) in [5.41, 5.74) is 8.87. The number of para-hydroxylation sites is 1. The van der Waals surface area contributed by atoms with E-state index in [0.29, 0.717) is 5.69 Å². The van der Waals surface area contributed by atoms with Gasteiger partial charge in [-0.15, -0.1) is 0 Å². The molecule has 1 aromatic heterocycles. The Bertz CT molecular complexity index is 527. The van der Waals surface area contributed by atoms with Crippen molar-refractivity contribution in [2.24, 2.45) is 5.41 Å². The second-order valence-corrected chi connectivity index (χ2v) is 5.52. The molecular formula is C16H25N3. The van der Waals surface area contributed by atoms with Crippen molar-refractivity contribution in [2.75, 3.05) is 17.6 Å². The van der Waals surface area contributed by atoms with E-state index in [4.69, 9.17) is 5.73 Å². The molecule has 0 aliphatic carbocycles. The van der Waals surface area contributed by atoms with Crippen molar-refractivity contribution < 1.29 is 0 Å². The smallest absolute Gasteiger partial charge is 0.0743 e. The number of anilines is 2. The molecule has 0 aliphatic rings. The maximum Gasteiger partial charge on any atom is 0.0743 e. The third kappa shape index (κ3) is 4.12. The predicted molar refractivity (Wildman–Crippen MR) is 85.4 cm³/mol.